The van der Waals surface area contributed by atoms with Crippen molar-refractivity contribution >= 4 is 11.9 Å². The zero-order valence-corrected chi connectivity index (χ0v) is 12.8. The van der Waals surface area contributed by atoms with Crippen molar-refractivity contribution in [3.8, 4) is 17.2 Å². The number of ketones is 1. The summed E-state index contributed by atoms with van der Waals surface area (Å²) in [4.78, 5) is 11.8. The van der Waals surface area contributed by atoms with Crippen LogP contribution in [0, 0.1) is 0 Å². The van der Waals surface area contributed by atoms with E-state index in [1.165, 1.54) is 18.2 Å². The van der Waals surface area contributed by atoms with Gasteiger partial charge in [0.15, 0.2) is 17.3 Å². The second kappa shape index (κ2) is 8.03. The van der Waals surface area contributed by atoms with Crippen LogP contribution in [0.2, 0.25) is 0 Å². The van der Waals surface area contributed by atoms with Crippen molar-refractivity contribution in [1.29, 1.82) is 0 Å². The fourth-order valence-electron chi connectivity index (χ4n) is 2.25. The Morgan fingerprint density at radius 2 is 1.70 bits per heavy atom. The topological polar surface area (TPSA) is 77.8 Å². The summed E-state index contributed by atoms with van der Waals surface area (Å²) in [5, 5.41) is 28.3. The number of rotatable bonds is 7. The molecular weight excluding hydrogens is 292 g/mol. The van der Waals surface area contributed by atoms with Gasteiger partial charge in [0.1, 0.15) is 5.75 Å². The summed E-state index contributed by atoms with van der Waals surface area (Å²) < 4.78 is 0. The number of hydrogen-bond acceptors (Lipinski definition) is 4. The number of phenols is 3. The minimum absolute atomic E-state index is 0.00912. The molecule has 0 radical (unpaired) electrons. The molecule has 0 heterocycles. The first kappa shape index (κ1) is 16.6. The lowest BCUT2D eigenvalue weighted by Crippen LogP contribution is -1.94. The van der Waals surface area contributed by atoms with Gasteiger partial charge in [-0.1, -0.05) is 30.3 Å². The van der Waals surface area contributed by atoms with E-state index in [-0.39, 0.29) is 17.3 Å². The van der Waals surface area contributed by atoms with Crippen molar-refractivity contribution < 1.29 is 20.1 Å². The number of hydrogen-bond donors (Lipinski definition) is 3. The molecule has 0 atom stereocenters. The second-order valence-corrected chi connectivity index (χ2v) is 5.38. The smallest absolute Gasteiger partial charge is 0.157 e. The fourth-order valence-corrected chi connectivity index (χ4v) is 2.25. The SMILES string of the molecule is O=C(/C=C/c1ccc(O)c(O)c1)CCCCc1ccccc1O. The molecule has 0 unspecified atom stereocenters. The lowest BCUT2D eigenvalue weighted by molar-refractivity contribution is -0.114. The van der Waals surface area contributed by atoms with Gasteiger partial charge in [0.05, 0.1) is 0 Å². The number of phenolic OH excluding ortho intramolecular Hbond substituents is 3. The molecule has 0 saturated carbocycles. The Kier molecular flexibility index (Phi) is 5.80. The van der Waals surface area contributed by atoms with Gasteiger partial charge >= 0.3 is 0 Å². The molecule has 4 heteroatoms. The summed E-state index contributed by atoms with van der Waals surface area (Å²) in [6.45, 7) is 0. The minimum atomic E-state index is -0.206. The van der Waals surface area contributed by atoms with Gasteiger partial charge in [-0.15, -0.1) is 0 Å². The van der Waals surface area contributed by atoms with E-state index in [0.717, 1.165) is 24.8 Å². The first-order valence-corrected chi connectivity index (χ1v) is 7.56. The number of carbonyl (C=O) groups excluding carboxylic acids is 1. The molecule has 3 N–H and O–H groups in total. The molecule has 2 aromatic rings. The third-order valence-corrected chi connectivity index (χ3v) is 3.57. The maximum Gasteiger partial charge on any atom is 0.157 e. The normalized spacial score (nSPS) is 11.0. The van der Waals surface area contributed by atoms with Crippen molar-refractivity contribution in [2.75, 3.05) is 0 Å². The van der Waals surface area contributed by atoms with Crippen LogP contribution in [0.15, 0.2) is 48.5 Å². The van der Waals surface area contributed by atoms with Crippen molar-refractivity contribution in [2.24, 2.45) is 0 Å². The van der Waals surface area contributed by atoms with Gasteiger partial charge in [-0.2, -0.15) is 0 Å². The molecule has 23 heavy (non-hydrogen) atoms. The largest absolute Gasteiger partial charge is 0.508 e. The Morgan fingerprint density at radius 3 is 2.43 bits per heavy atom. The van der Waals surface area contributed by atoms with Crippen LogP contribution in [-0.2, 0) is 11.2 Å². The van der Waals surface area contributed by atoms with Crippen LogP contribution in [0.4, 0.5) is 0 Å². The summed E-state index contributed by atoms with van der Waals surface area (Å²) in [5.74, 6) is -0.0828. The zero-order valence-electron chi connectivity index (χ0n) is 12.8. The van der Waals surface area contributed by atoms with Crippen molar-refractivity contribution in [1.82, 2.24) is 0 Å². The number of benzene rings is 2. The number of allylic oxidation sites excluding steroid dienone is 1. The van der Waals surface area contributed by atoms with E-state index in [4.69, 9.17) is 0 Å². The summed E-state index contributed by atoms with van der Waals surface area (Å²) in [5.41, 5.74) is 1.55. The first-order chi connectivity index (χ1) is 11.1. The summed E-state index contributed by atoms with van der Waals surface area (Å²) in [6.07, 6.45) is 5.86. The maximum absolute atomic E-state index is 11.8. The van der Waals surface area contributed by atoms with E-state index in [0.29, 0.717) is 17.7 Å². The van der Waals surface area contributed by atoms with Crippen molar-refractivity contribution in [2.45, 2.75) is 25.7 Å². The van der Waals surface area contributed by atoms with Crippen LogP contribution in [-0.4, -0.2) is 21.1 Å². The first-order valence-electron chi connectivity index (χ1n) is 7.56. The van der Waals surface area contributed by atoms with Crippen LogP contribution in [0.1, 0.15) is 30.4 Å². The third kappa shape index (κ3) is 5.18. The molecule has 0 aliphatic carbocycles. The summed E-state index contributed by atoms with van der Waals surface area (Å²) in [7, 11) is 0. The highest BCUT2D eigenvalue weighted by Crippen LogP contribution is 2.25. The molecule has 4 nitrogen and oxygen atoms in total. The predicted octanol–water partition coefficient (Wildman–Crippen LogP) is 3.80. The predicted molar refractivity (Wildman–Crippen MR) is 89.5 cm³/mol. The van der Waals surface area contributed by atoms with Crippen molar-refractivity contribution in [3.05, 3.63) is 59.7 Å². The number of para-hydroxylation sites is 1. The molecule has 0 aromatic heterocycles. The monoisotopic (exact) mass is 312 g/mol. The second-order valence-electron chi connectivity index (χ2n) is 5.38. The average Bonchev–Trinajstić information content (AvgIpc) is 2.54. The van der Waals surface area contributed by atoms with Gasteiger partial charge in [-0.3, -0.25) is 4.79 Å². The summed E-state index contributed by atoms with van der Waals surface area (Å²) >= 11 is 0. The quantitative estimate of drug-likeness (QED) is 0.413. The highest BCUT2D eigenvalue weighted by molar-refractivity contribution is 5.93. The maximum atomic E-state index is 11.8. The van der Waals surface area contributed by atoms with Crippen LogP contribution < -0.4 is 0 Å². The van der Waals surface area contributed by atoms with Gasteiger partial charge in [0, 0.05) is 6.42 Å². The fraction of sp³-hybridized carbons (Fsp3) is 0.211. The highest BCUT2D eigenvalue weighted by Gasteiger charge is 2.02. The van der Waals surface area contributed by atoms with Gasteiger partial charge in [0.25, 0.3) is 0 Å². The zero-order chi connectivity index (χ0) is 16.7. The molecule has 0 aliphatic rings. The van der Waals surface area contributed by atoms with E-state index in [9.17, 15) is 20.1 Å². The number of aromatic hydroxyl groups is 3. The number of unbranched alkanes of at least 4 members (excludes halogenated alkanes) is 1. The van der Waals surface area contributed by atoms with E-state index in [2.05, 4.69) is 0 Å². The molecule has 0 saturated heterocycles. The van der Waals surface area contributed by atoms with E-state index < -0.39 is 0 Å². The van der Waals surface area contributed by atoms with Crippen LogP contribution >= 0.6 is 0 Å². The molecule has 2 rings (SSSR count). The van der Waals surface area contributed by atoms with Crippen molar-refractivity contribution in [3.63, 3.8) is 0 Å². The third-order valence-electron chi connectivity index (χ3n) is 3.57. The molecule has 0 bridgehead atoms. The molecule has 120 valence electrons. The lowest BCUT2D eigenvalue weighted by Gasteiger charge is -2.03. The van der Waals surface area contributed by atoms with Gasteiger partial charge in [-0.05, 0) is 54.7 Å². The van der Waals surface area contributed by atoms with Crippen LogP contribution in [0.3, 0.4) is 0 Å². The summed E-state index contributed by atoms with van der Waals surface area (Å²) in [6, 6.07) is 11.6. The molecule has 2 aromatic carbocycles. The minimum Gasteiger partial charge on any atom is -0.508 e. The average molecular weight is 312 g/mol. The highest BCUT2D eigenvalue weighted by atomic mass is 16.3. The van der Waals surface area contributed by atoms with Gasteiger partial charge < -0.3 is 15.3 Å². The van der Waals surface area contributed by atoms with Gasteiger partial charge in [0.2, 0.25) is 0 Å². The Bertz CT molecular complexity index is 704. The van der Waals surface area contributed by atoms with E-state index in [1.54, 1.807) is 24.3 Å². The molecule has 0 amide bonds. The Hall–Kier alpha value is -2.75. The molecule has 0 spiro atoms. The number of aryl methyl sites for hydroxylation is 1. The molecule has 0 fully saturated rings. The lowest BCUT2D eigenvalue weighted by atomic mass is 10.0. The van der Waals surface area contributed by atoms with Crippen LogP contribution in [0.5, 0.6) is 17.2 Å². The molecule has 0 aliphatic heterocycles. The number of carbonyl (C=O) groups is 1. The Balaban J connectivity index is 1.75. The molecular formula is C19H20O4. The van der Waals surface area contributed by atoms with Crippen LogP contribution in [0.25, 0.3) is 6.08 Å². The van der Waals surface area contributed by atoms with Gasteiger partial charge in [-0.25, -0.2) is 0 Å². The Labute approximate surface area is 135 Å². The Morgan fingerprint density at radius 1 is 0.913 bits per heavy atom. The van der Waals surface area contributed by atoms with E-state index >= 15 is 0 Å². The standard InChI is InChI=1S/C19H20O4/c20-16(11-9-14-10-12-18(22)19(23)13-14)7-3-1-5-15-6-2-4-8-17(15)21/h2,4,6,8-13,21-23H,1,3,5,7H2/b11-9+. The van der Waals surface area contributed by atoms with E-state index in [1.807, 2.05) is 12.1 Å².